The van der Waals surface area contributed by atoms with Crippen molar-refractivity contribution in [1.29, 1.82) is 0 Å². The summed E-state index contributed by atoms with van der Waals surface area (Å²) in [7, 11) is 0. The molecule has 0 saturated carbocycles. The van der Waals surface area contributed by atoms with Crippen LogP contribution in [0.25, 0.3) is 0 Å². The third kappa shape index (κ3) is 3.06. The second kappa shape index (κ2) is 5.99. The molecular weight excluding hydrogens is 305 g/mol. The Balaban J connectivity index is 2.21. The molecule has 1 aliphatic rings. The standard InChI is InChI=1S/C13H13Cl2NO4/c1-6-8(2-3-20-6)12(17)16-11-9(14)4-7(13(18)19)5-10(11)15/h4-6,8H,2-3H2,1H3,(H,16,17)(H,18,19). The highest BCUT2D eigenvalue weighted by Gasteiger charge is 2.31. The summed E-state index contributed by atoms with van der Waals surface area (Å²) < 4.78 is 5.33. The monoisotopic (exact) mass is 317 g/mol. The lowest BCUT2D eigenvalue weighted by atomic mass is 10.0. The molecule has 1 aromatic carbocycles. The number of hydrogen-bond donors (Lipinski definition) is 2. The van der Waals surface area contributed by atoms with E-state index in [0.29, 0.717) is 13.0 Å². The Hall–Kier alpha value is -1.30. The summed E-state index contributed by atoms with van der Waals surface area (Å²) in [5.41, 5.74) is 0.193. The molecule has 0 aromatic heterocycles. The van der Waals surface area contributed by atoms with E-state index in [-0.39, 0.29) is 39.2 Å². The van der Waals surface area contributed by atoms with Crippen molar-refractivity contribution in [3.8, 4) is 0 Å². The number of carbonyl (C=O) groups is 2. The number of carboxylic acid groups (broad SMARTS) is 1. The number of ether oxygens (including phenoxy) is 1. The maximum absolute atomic E-state index is 12.1. The Morgan fingerprint density at radius 2 is 1.95 bits per heavy atom. The van der Waals surface area contributed by atoms with Gasteiger partial charge in [0.2, 0.25) is 5.91 Å². The van der Waals surface area contributed by atoms with Gasteiger partial charge in [0.1, 0.15) is 0 Å². The molecule has 20 heavy (non-hydrogen) atoms. The molecule has 2 N–H and O–H groups in total. The van der Waals surface area contributed by atoms with Crippen LogP contribution in [0.5, 0.6) is 0 Å². The van der Waals surface area contributed by atoms with Gasteiger partial charge in [0.15, 0.2) is 0 Å². The minimum Gasteiger partial charge on any atom is -0.478 e. The lowest BCUT2D eigenvalue weighted by Gasteiger charge is -2.16. The van der Waals surface area contributed by atoms with Gasteiger partial charge in [-0.25, -0.2) is 4.79 Å². The molecule has 2 atom stereocenters. The number of carboxylic acids is 1. The van der Waals surface area contributed by atoms with Crippen LogP contribution < -0.4 is 5.32 Å². The maximum Gasteiger partial charge on any atom is 0.335 e. The lowest BCUT2D eigenvalue weighted by Crippen LogP contribution is -2.28. The fourth-order valence-electron chi connectivity index (χ4n) is 2.11. The number of nitrogens with one attached hydrogen (secondary N) is 1. The van der Waals surface area contributed by atoms with Crippen LogP contribution in [0.1, 0.15) is 23.7 Å². The smallest absolute Gasteiger partial charge is 0.335 e. The van der Waals surface area contributed by atoms with Crippen molar-refractivity contribution in [2.75, 3.05) is 11.9 Å². The van der Waals surface area contributed by atoms with Gasteiger partial charge < -0.3 is 15.2 Å². The highest BCUT2D eigenvalue weighted by molar-refractivity contribution is 6.40. The molecule has 2 rings (SSSR count). The van der Waals surface area contributed by atoms with Gasteiger partial charge in [0, 0.05) is 6.61 Å². The number of halogens is 2. The highest BCUT2D eigenvalue weighted by atomic mass is 35.5. The first-order chi connectivity index (χ1) is 9.40. The number of amides is 1. The number of hydrogen-bond acceptors (Lipinski definition) is 3. The van der Waals surface area contributed by atoms with Crippen LogP contribution in [-0.4, -0.2) is 29.7 Å². The second-order valence-electron chi connectivity index (χ2n) is 4.58. The van der Waals surface area contributed by atoms with E-state index in [1.54, 1.807) is 0 Å². The van der Waals surface area contributed by atoms with Gasteiger partial charge in [-0.1, -0.05) is 23.2 Å². The zero-order valence-electron chi connectivity index (χ0n) is 10.7. The first kappa shape index (κ1) is 15.1. The minimum atomic E-state index is -1.13. The van der Waals surface area contributed by atoms with Crippen molar-refractivity contribution in [2.24, 2.45) is 5.92 Å². The van der Waals surface area contributed by atoms with Gasteiger partial charge in [-0.15, -0.1) is 0 Å². The van der Waals surface area contributed by atoms with Gasteiger partial charge in [-0.2, -0.15) is 0 Å². The summed E-state index contributed by atoms with van der Waals surface area (Å²) >= 11 is 11.9. The molecule has 0 spiro atoms. The van der Waals surface area contributed by atoms with Gasteiger partial charge in [0.25, 0.3) is 0 Å². The first-order valence-electron chi connectivity index (χ1n) is 6.05. The zero-order chi connectivity index (χ0) is 14.9. The van der Waals surface area contributed by atoms with Crippen LogP contribution in [0.2, 0.25) is 10.0 Å². The summed E-state index contributed by atoms with van der Waals surface area (Å²) in [5.74, 6) is -1.63. The van der Waals surface area contributed by atoms with E-state index in [1.807, 2.05) is 6.92 Å². The predicted octanol–water partition coefficient (Wildman–Crippen LogP) is 3.06. The average molecular weight is 318 g/mol. The molecule has 7 heteroatoms. The van der Waals surface area contributed by atoms with Crippen LogP contribution in [0, 0.1) is 5.92 Å². The van der Waals surface area contributed by atoms with E-state index in [1.165, 1.54) is 12.1 Å². The quantitative estimate of drug-likeness (QED) is 0.898. The molecule has 1 fully saturated rings. The number of rotatable bonds is 3. The Morgan fingerprint density at radius 3 is 2.40 bits per heavy atom. The molecule has 1 aromatic rings. The van der Waals surface area contributed by atoms with E-state index in [0.717, 1.165) is 0 Å². The maximum atomic E-state index is 12.1. The van der Waals surface area contributed by atoms with Gasteiger partial charge in [-0.3, -0.25) is 4.79 Å². The molecule has 1 amide bonds. The normalized spacial score (nSPS) is 21.8. The topological polar surface area (TPSA) is 75.6 Å². The summed E-state index contributed by atoms with van der Waals surface area (Å²) in [4.78, 5) is 23.0. The fourth-order valence-corrected chi connectivity index (χ4v) is 2.69. The average Bonchev–Trinajstić information content (AvgIpc) is 2.79. The van der Waals surface area contributed by atoms with Crippen LogP contribution in [0.3, 0.4) is 0 Å². The van der Waals surface area contributed by atoms with Crippen LogP contribution >= 0.6 is 23.2 Å². The summed E-state index contributed by atoms with van der Waals surface area (Å²) in [6, 6.07) is 2.50. The Kier molecular flexibility index (Phi) is 4.52. The van der Waals surface area contributed by atoms with Gasteiger partial charge in [-0.05, 0) is 25.5 Å². The first-order valence-corrected chi connectivity index (χ1v) is 6.80. The summed E-state index contributed by atoms with van der Waals surface area (Å²) in [5, 5.41) is 11.7. The molecule has 5 nitrogen and oxygen atoms in total. The summed E-state index contributed by atoms with van der Waals surface area (Å²) in [6.45, 7) is 2.37. The molecule has 1 aliphatic heterocycles. The Morgan fingerprint density at radius 1 is 1.35 bits per heavy atom. The van der Waals surface area contributed by atoms with Crippen molar-refractivity contribution < 1.29 is 19.4 Å². The van der Waals surface area contributed by atoms with E-state index < -0.39 is 5.97 Å². The predicted molar refractivity (Wildman–Crippen MR) is 75.6 cm³/mol. The summed E-state index contributed by atoms with van der Waals surface area (Å²) in [6.07, 6.45) is 0.473. The van der Waals surface area contributed by atoms with Crippen molar-refractivity contribution in [3.63, 3.8) is 0 Å². The molecular formula is C13H13Cl2NO4. The molecule has 1 heterocycles. The van der Waals surface area contributed by atoms with Crippen LogP contribution in [-0.2, 0) is 9.53 Å². The number of benzene rings is 1. The Bertz CT molecular complexity index is 538. The van der Waals surface area contributed by atoms with Crippen molar-refractivity contribution in [3.05, 3.63) is 27.7 Å². The van der Waals surface area contributed by atoms with Crippen molar-refractivity contribution in [1.82, 2.24) is 0 Å². The third-order valence-electron chi connectivity index (χ3n) is 3.25. The number of aromatic carboxylic acids is 1. The van der Waals surface area contributed by atoms with Gasteiger partial charge >= 0.3 is 5.97 Å². The molecule has 2 unspecified atom stereocenters. The lowest BCUT2D eigenvalue weighted by molar-refractivity contribution is -0.121. The number of carbonyl (C=O) groups excluding carboxylic acids is 1. The van der Waals surface area contributed by atoms with Crippen molar-refractivity contribution in [2.45, 2.75) is 19.4 Å². The van der Waals surface area contributed by atoms with E-state index in [9.17, 15) is 9.59 Å². The van der Waals surface area contributed by atoms with E-state index >= 15 is 0 Å². The third-order valence-corrected chi connectivity index (χ3v) is 3.85. The molecule has 108 valence electrons. The largest absolute Gasteiger partial charge is 0.478 e. The molecule has 0 aliphatic carbocycles. The molecule has 0 radical (unpaired) electrons. The van der Waals surface area contributed by atoms with Crippen molar-refractivity contribution >= 4 is 40.8 Å². The number of anilines is 1. The molecule has 0 bridgehead atoms. The minimum absolute atomic E-state index is 0.0319. The SMILES string of the molecule is CC1OCCC1C(=O)Nc1c(Cl)cc(C(=O)O)cc1Cl. The zero-order valence-corrected chi connectivity index (χ0v) is 12.2. The van der Waals surface area contributed by atoms with Crippen LogP contribution in [0.4, 0.5) is 5.69 Å². The molecule has 1 saturated heterocycles. The van der Waals surface area contributed by atoms with E-state index in [4.69, 9.17) is 33.0 Å². The van der Waals surface area contributed by atoms with E-state index in [2.05, 4.69) is 5.32 Å². The Labute approximate surface area is 125 Å². The second-order valence-corrected chi connectivity index (χ2v) is 5.39. The highest BCUT2D eigenvalue weighted by Crippen LogP contribution is 2.33. The van der Waals surface area contributed by atoms with Crippen LogP contribution in [0.15, 0.2) is 12.1 Å². The fraction of sp³-hybridized carbons (Fsp3) is 0.385. The van der Waals surface area contributed by atoms with Gasteiger partial charge in [0.05, 0.1) is 33.3 Å².